The molecule has 4 heterocycles. The molecule has 3 aliphatic rings. The van der Waals surface area contributed by atoms with E-state index >= 15 is 0 Å². The average molecular weight is 636 g/mol. The standard InChI is InChI=1S/C33H42FN7O5/c1-22-21-39(15-16-40(22)33(44)45)31(43)24-7-11-26(12-8-24)41-28-19-29(46-18-17-38-13-3-2-4-14-38)35-20-27(28)36-32(41)37-30(42)23-5-9-25(34)10-6-23/h5-6,9-10,19-20,22,24,26H,2-4,7-8,11-18,21H2,1H3,(H,44,45)(H,36,37,42). The molecule has 1 unspecified atom stereocenters. The molecule has 3 fully saturated rings. The Morgan fingerprint density at radius 2 is 1.76 bits per heavy atom. The highest BCUT2D eigenvalue weighted by atomic mass is 19.1. The van der Waals surface area contributed by atoms with Gasteiger partial charge in [-0.3, -0.25) is 19.8 Å². The summed E-state index contributed by atoms with van der Waals surface area (Å²) in [4.78, 5) is 52.9. The molecule has 0 radical (unpaired) electrons. The van der Waals surface area contributed by atoms with E-state index in [4.69, 9.17) is 9.72 Å². The predicted molar refractivity (Wildman–Crippen MR) is 169 cm³/mol. The first-order valence-corrected chi connectivity index (χ1v) is 16.3. The lowest BCUT2D eigenvalue weighted by Crippen LogP contribution is -2.56. The molecule has 2 aromatic heterocycles. The second-order valence-corrected chi connectivity index (χ2v) is 12.6. The number of anilines is 1. The minimum atomic E-state index is -0.958. The van der Waals surface area contributed by atoms with Crippen LogP contribution in [0.5, 0.6) is 5.88 Å². The number of nitrogens with zero attached hydrogens (tertiary/aromatic N) is 6. The van der Waals surface area contributed by atoms with Gasteiger partial charge < -0.3 is 24.2 Å². The largest absolute Gasteiger partial charge is 0.476 e. The van der Waals surface area contributed by atoms with Crippen molar-refractivity contribution in [2.75, 3.05) is 51.2 Å². The maximum atomic E-state index is 13.5. The van der Waals surface area contributed by atoms with Crippen molar-refractivity contribution in [3.05, 3.63) is 47.9 Å². The molecule has 246 valence electrons. The van der Waals surface area contributed by atoms with Crippen LogP contribution in [0.2, 0.25) is 0 Å². The number of piperazine rings is 1. The summed E-state index contributed by atoms with van der Waals surface area (Å²) >= 11 is 0. The minimum absolute atomic E-state index is 0.0380. The van der Waals surface area contributed by atoms with Gasteiger partial charge in [0.05, 0.1) is 11.7 Å². The van der Waals surface area contributed by atoms with Gasteiger partial charge in [-0.15, -0.1) is 0 Å². The number of carbonyl (C=O) groups excluding carboxylic acids is 2. The van der Waals surface area contributed by atoms with E-state index in [1.165, 1.54) is 48.4 Å². The molecule has 1 atom stereocenters. The summed E-state index contributed by atoms with van der Waals surface area (Å²) in [5.41, 5.74) is 1.71. The molecule has 2 aliphatic heterocycles. The van der Waals surface area contributed by atoms with Crippen molar-refractivity contribution in [1.82, 2.24) is 29.2 Å². The highest BCUT2D eigenvalue weighted by molar-refractivity contribution is 6.04. The van der Waals surface area contributed by atoms with E-state index in [0.29, 0.717) is 74.8 Å². The van der Waals surface area contributed by atoms with Gasteiger partial charge in [0.1, 0.15) is 17.9 Å². The van der Waals surface area contributed by atoms with Gasteiger partial charge in [0.2, 0.25) is 17.7 Å². The van der Waals surface area contributed by atoms with Crippen molar-refractivity contribution in [1.29, 1.82) is 0 Å². The molecular weight excluding hydrogens is 593 g/mol. The summed E-state index contributed by atoms with van der Waals surface area (Å²) in [6.07, 6.45) is 7.10. The monoisotopic (exact) mass is 635 g/mol. The number of likely N-dealkylation sites (tertiary alicyclic amines) is 1. The van der Waals surface area contributed by atoms with Crippen LogP contribution in [0.4, 0.5) is 15.1 Å². The van der Waals surface area contributed by atoms with E-state index in [1.807, 2.05) is 17.6 Å². The van der Waals surface area contributed by atoms with Crippen molar-refractivity contribution in [2.24, 2.45) is 5.92 Å². The molecule has 6 rings (SSSR count). The van der Waals surface area contributed by atoms with Crippen LogP contribution in [0.3, 0.4) is 0 Å². The van der Waals surface area contributed by atoms with Gasteiger partial charge in [0.15, 0.2) is 0 Å². The Bertz CT molecular complexity index is 1550. The number of carbonyl (C=O) groups is 3. The van der Waals surface area contributed by atoms with Crippen molar-refractivity contribution in [3.8, 4) is 5.88 Å². The number of ether oxygens (including phenoxy) is 1. The van der Waals surface area contributed by atoms with Crippen molar-refractivity contribution >= 4 is 34.9 Å². The normalized spacial score (nSPS) is 22.5. The number of carboxylic acid groups (broad SMARTS) is 1. The predicted octanol–water partition coefficient (Wildman–Crippen LogP) is 4.63. The lowest BCUT2D eigenvalue weighted by molar-refractivity contribution is -0.139. The fourth-order valence-electron chi connectivity index (χ4n) is 7.04. The summed E-state index contributed by atoms with van der Waals surface area (Å²) in [6.45, 7) is 6.46. The lowest BCUT2D eigenvalue weighted by atomic mass is 9.84. The second kappa shape index (κ2) is 14.0. The van der Waals surface area contributed by atoms with Gasteiger partial charge in [0.25, 0.3) is 5.91 Å². The Hall–Kier alpha value is -4.26. The third-order valence-electron chi connectivity index (χ3n) is 9.58. The zero-order valence-corrected chi connectivity index (χ0v) is 26.2. The van der Waals surface area contributed by atoms with Gasteiger partial charge in [-0.2, -0.15) is 0 Å². The first-order chi connectivity index (χ1) is 22.3. The number of rotatable bonds is 8. The first kappa shape index (κ1) is 31.7. The molecule has 2 saturated heterocycles. The summed E-state index contributed by atoms with van der Waals surface area (Å²) in [7, 11) is 0. The molecule has 2 N–H and O–H groups in total. The molecule has 0 spiro atoms. The quantitative estimate of drug-likeness (QED) is 0.366. The summed E-state index contributed by atoms with van der Waals surface area (Å²) in [5.74, 6) is -0.0507. The topological polar surface area (TPSA) is 133 Å². The van der Waals surface area contributed by atoms with E-state index in [-0.39, 0.29) is 23.9 Å². The Kier molecular flexibility index (Phi) is 9.67. The molecular formula is C33H42FN7O5. The van der Waals surface area contributed by atoms with Crippen molar-refractivity contribution < 1.29 is 28.6 Å². The third kappa shape index (κ3) is 7.09. The number of hydrogen-bond acceptors (Lipinski definition) is 7. The first-order valence-electron chi connectivity index (χ1n) is 16.3. The van der Waals surface area contributed by atoms with Crippen LogP contribution in [0.15, 0.2) is 36.5 Å². The molecule has 1 saturated carbocycles. The maximum absolute atomic E-state index is 13.5. The number of benzene rings is 1. The van der Waals surface area contributed by atoms with Crippen LogP contribution < -0.4 is 10.1 Å². The van der Waals surface area contributed by atoms with Gasteiger partial charge in [-0.05, 0) is 82.8 Å². The summed E-state index contributed by atoms with van der Waals surface area (Å²) in [6, 6.07) is 6.94. The number of halogens is 1. The fourth-order valence-corrected chi connectivity index (χ4v) is 7.04. The molecule has 1 aromatic carbocycles. The van der Waals surface area contributed by atoms with Crippen molar-refractivity contribution in [3.63, 3.8) is 0 Å². The van der Waals surface area contributed by atoms with E-state index in [1.54, 1.807) is 11.1 Å². The molecule has 3 amide bonds. The van der Waals surface area contributed by atoms with E-state index < -0.39 is 17.8 Å². The Balaban J connectivity index is 1.18. The van der Waals surface area contributed by atoms with Gasteiger partial charge in [-0.25, -0.2) is 19.2 Å². The van der Waals surface area contributed by atoms with E-state index in [0.717, 1.165) is 25.2 Å². The van der Waals surface area contributed by atoms with Crippen LogP contribution in [0.25, 0.3) is 11.0 Å². The molecule has 13 heteroatoms. The molecule has 3 aromatic rings. The number of amides is 3. The molecule has 1 aliphatic carbocycles. The maximum Gasteiger partial charge on any atom is 0.407 e. The Morgan fingerprint density at radius 1 is 1.02 bits per heavy atom. The fraction of sp³-hybridized carbons (Fsp3) is 0.545. The second-order valence-electron chi connectivity index (χ2n) is 12.6. The number of imidazole rings is 1. The SMILES string of the molecule is CC1CN(C(=O)C2CCC(n3c(NC(=O)c4ccc(F)cc4)nc4cnc(OCCN5CCCCC5)cc43)CC2)CCN1C(=O)O. The average Bonchev–Trinajstić information content (AvgIpc) is 3.42. The lowest BCUT2D eigenvalue weighted by Gasteiger charge is -2.40. The van der Waals surface area contributed by atoms with Gasteiger partial charge in [-0.1, -0.05) is 6.42 Å². The smallest absolute Gasteiger partial charge is 0.407 e. The van der Waals surface area contributed by atoms with Gasteiger partial charge in [0, 0.05) is 55.8 Å². The van der Waals surface area contributed by atoms with Crippen LogP contribution in [-0.4, -0.2) is 104 Å². The Labute approximate surface area is 267 Å². The molecule has 0 bridgehead atoms. The highest BCUT2D eigenvalue weighted by Gasteiger charge is 2.35. The molecule has 46 heavy (non-hydrogen) atoms. The number of aromatic nitrogens is 3. The van der Waals surface area contributed by atoms with E-state index in [2.05, 4.69) is 15.2 Å². The number of nitrogens with one attached hydrogen (secondary N) is 1. The zero-order valence-electron chi connectivity index (χ0n) is 26.2. The number of pyridine rings is 1. The van der Waals surface area contributed by atoms with Crippen molar-refractivity contribution in [2.45, 2.75) is 64.0 Å². The summed E-state index contributed by atoms with van der Waals surface area (Å²) in [5, 5.41) is 12.3. The number of hydrogen-bond donors (Lipinski definition) is 2. The molecule has 12 nitrogen and oxygen atoms in total. The Morgan fingerprint density at radius 3 is 2.46 bits per heavy atom. The number of piperidine rings is 1. The van der Waals surface area contributed by atoms with Crippen LogP contribution in [0, 0.1) is 11.7 Å². The van der Waals surface area contributed by atoms with Crippen LogP contribution in [-0.2, 0) is 4.79 Å². The number of fused-ring (bicyclic) bond motifs is 1. The van der Waals surface area contributed by atoms with E-state index in [9.17, 15) is 23.9 Å². The summed E-state index contributed by atoms with van der Waals surface area (Å²) < 4.78 is 21.6. The third-order valence-corrected chi connectivity index (χ3v) is 9.58. The highest BCUT2D eigenvalue weighted by Crippen LogP contribution is 2.38. The zero-order chi connectivity index (χ0) is 32.2. The van der Waals surface area contributed by atoms with Crippen LogP contribution in [0.1, 0.15) is 68.3 Å². The van der Waals surface area contributed by atoms with Crippen LogP contribution >= 0.6 is 0 Å². The van der Waals surface area contributed by atoms with Gasteiger partial charge >= 0.3 is 6.09 Å². The minimum Gasteiger partial charge on any atom is -0.476 e.